The normalized spacial score (nSPS) is 20.9. The van der Waals surface area contributed by atoms with Crippen molar-refractivity contribution in [3.8, 4) is 0 Å². The third-order valence-electron chi connectivity index (χ3n) is 2.54. The number of carbonyl (C=O) groups is 1. The summed E-state index contributed by atoms with van der Waals surface area (Å²) >= 11 is 0. The van der Waals surface area contributed by atoms with Gasteiger partial charge in [-0.05, 0) is 19.8 Å². The monoisotopic (exact) mass is 210 g/mol. The highest BCUT2D eigenvalue weighted by Gasteiger charge is 2.27. The van der Waals surface area contributed by atoms with Crippen LogP contribution < -0.4 is 0 Å². The molecule has 1 aliphatic heterocycles. The Morgan fingerprint density at radius 2 is 2.60 bits per heavy atom. The third kappa shape index (κ3) is 2.18. The fourth-order valence-electron chi connectivity index (χ4n) is 1.79. The predicted octanol–water partition coefficient (Wildman–Crippen LogP) is 0.466. The van der Waals surface area contributed by atoms with Crippen LogP contribution in [0.15, 0.2) is 10.6 Å². The van der Waals surface area contributed by atoms with E-state index in [2.05, 4.69) is 5.16 Å². The SMILES string of the molecule is Cc1cc(CC(=O)N2CCCC2O)on1. The van der Waals surface area contributed by atoms with Crippen molar-refractivity contribution in [2.24, 2.45) is 0 Å². The minimum atomic E-state index is -0.624. The van der Waals surface area contributed by atoms with E-state index in [0.29, 0.717) is 18.7 Å². The largest absolute Gasteiger partial charge is 0.374 e. The number of nitrogens with zero attached hydrogens (tertiary/aromatic N) is 2. The molecule has 5 heteroatoms. The van der Waals surface area contributed by atoms with Gasteiger partial charge < -0.3 is 14.5 Å². The molecule has 5 nitrogen and oxygen atoms in total. The molecule has 1 N–H and O–H groups in total. The molecule has 15 heavy (non-hydrogen) atoms. The van der Waals surface area contributed by atoms with Gasteiger partial charge in [-0.15, -0.1) is 0 Å². The first-order chi connectivity index (χ1) is 7.16. The first-order valence-corrected chi connectivity index (χ1v) is 5.06. The van der Waals surface area contributed by atoms with E-state index in [1.165, 1.54) is 4.90 Å². The van der Waals surface area contributed by atoms with Crippen molar-refractivity contribution in [2.45, 2.75) is 32.4 Å². The molecule has 1 aliphatic rings. The lowest BCUT2D eigenvalue weighted by Gasteiger charge is -2.19. The fourth-order valence-corrected chi connectivity index (χ4v) is 1.79. The number of aliphatic hydroxyl groups is 1. The highest BCUT2D eigenvalue weighted by atomic mass is 16.5. The second-order valence-electron chi connectivity index (χ2n) is 3.82. The Morgan fingerprint density at radius 3 is 3.13 bits per heavy atom. The molecule has 1 unspecified atom stereocenters. The highest BCUT2D eigenvalue weighted by molar-refractivity contribution is 5.78. The van der Waals surface area contributed by atoms with Crippen LogP contribution >= 0.6 is 0 Å². The van der Waals surface area contributed by atoms with Gasteiger partial charge in [0.05, 0.1) is 12.1 Å². The molecule has 0 saturated carbocycles. The first-order valence-electron chi connectivity index (χ1n) is 5.06. The lowest BCUT2D eigenvalue weighted by molar-refractivity contribution is -0.137. The average Bonchev–Trinajstić information content (AvgIpc) is 2.75. The zero-order chi connectivity index (χ0) is 10.8. The van der Waals surface area contributed by atoms with Crippen LogP contribution in [0.25, 0.3) is 0 Å². The summed E-state index contributed by atoms with van der Waals surface area (Å²) < 4.78 is 4.95. The van der Waals surface area contributed by atoms with Gasteiger partial charge in [-0.3, -0.25) is 4.79 Å². The second-order valence-corrected chi connectivity index (χ2v) is 3.82. The number of rotatable bonds is 2. The summed E-state index contributed by atoms with van der Waals surface area (Å²) in [5, 5.41) is 13.2. The summed E-state index contributed by atoms with van der Waals surface area (Å²) in [5.74, 6) is 0.452. The highest BCUT2D eigenvalue weighted by Crippen LogP contribution is 2.16. The topological polar surface area (TPSA) is 66.6 Å². The van der Waals surface area contributed by atoms with Crippen molar-refractivity contribution in [1.29, 1.82) is 0 Å². The Kier molecular flexibility index (Phi) is 2.73. The maximum absolute atomic E-state index is 11.7. The molecular formula is C10H14N2O3. The molecule has 0 aliphatic carbocycles. The Labute approximate surface area is 87.7 Å². The number of carbonyl (C=O) groups excluding carboxylic acids is 1. The van der Waals surface area contributed by atoms with Crippen LogP contribution in [0.4, 0.5) is 0 Å². The summed E-state index contributed by atoms with van der Waals surface area (Å²) in [5.41, 5.74) is 0.764. The van der Waals surface area contributed by atoms with E-state index < -0.39 is 6.23 Å². The van der Waals surface area contributed by atoms with Crippen molar-refractivity contribution in [2.75, 3.05) is 6.54 Å². The van der Waals surface area contributed by atoms with Crippen LogP contribution in [0.5, 0.6) is 0 Å². The molecule has 1 atom stereocenters. The van der Waals surface area contributed by atoms with E-state index in [0.717, 1.165) is 12.1 Å². The number of amides is 1. The molecule has 1 fully saturated rings. The van der Waals surface area contributed by atoms with Crippen molar-refractivity contribution in [1.82, 2.24) is 10.1 Å². The molecule has 0 aromatic carbocycles. The average molecular weight is 210 g/mol. The smallest absolute Gasteiger partial charge is 0.232 e. The Morgan fingerprint density at radius 1 is 1.80 bits per heavy atom. The molecule has 1 amide bonds. The lowest BCUT2D eigenvalue weighted by atomic mass is 10.3. The van der Waals surface area contributed by atoms with E-state index >= 15 is 0 Å². The van der Waals surface area contributed by atoms with Crippen LogP contribution in [0, 0.1) is 6.92 Å². The van der Waals surface area contributed by atoms with E-state index in [9.17, 15) is 9.90 Å². The van der Waals surface area contributed by atoms with Crippen molar-refractivity contribution in [3.05, 3.63) is 17.5 Å². The zero-order valence-electron chi connectivity index (χ0n) is 8.64. The van der Waals surface area contributed by atoms with Gasteiger partial charge in [-0.25, -0.2) is 0 Å². The molecule has 82 valence electrons. The van der Waals surface area contributed by atoms with Gasteiger partial charge in [0.2, 0.25) is 5.91 Å². The number of hydrogen-bond acceptors (Lipinski definition) is 4. The second kappa shape index (κ2) is 4.02. The van der Waals surface area contributed by atoms with E-state index in [1.807, 2.05) is 6.92 Å². The Balaban J connectivity index is 1.97. The summed E-state index contributed by atoms with van der Waals surface area (Å²) in [4.78, 5) is 13.2. The molecule has 2 heterocycles. The predicted molar refractivity (Wildman–Crippen MR) is 51.9 cm³/mol. The van der Waals surface area contributed by atoms with Gasteiger partial charge in [0.25, 0.3) is 0 Å². The first kappa shape index (κ1) is 10.2. The molecular weight excluding hydrogens is 196 g/mol. The Hall–Kier alpha value is -1.36. The van der Waals surface area contributed by atoms with Gasteiger partial charge in [-0.1, -0.05) is 5.16 Å². The third-order valence-corrected chi connectivity index (χ3v) is 2.54. The maximum atomic E-state index is 11.7. The molecule has 1 aromatic rings. The number of likely N-dealkylation sites (tertiary alicyclic amines) is 1. The lowest BCUT2D eigenvalue weighted by Crippen LogP contribution is -2.36. The van der Waals surface area contributed by atoms with Crippen molar-refractivity contribution in [3.63, 3.8) is 0 Å². The Bertz CT molecular complexity index is 361. The van der Waals surface area contributed by atoms with E-state index in [-0.39, 0.29) is 12.3 Å². The van der Waals surface area contributed by atoms with Crippen LogP contribution in [0.1, 0.15) is 24.3 Å². The standard InChI is InChI=1S/C10H14N2O3/c1-7-5-8(15-11-7)6-10(14)12-4-2-3-9(12)13/h5,9,13H,2-4,6H2,1H3. The quantitative estimate of drug-likeness (QED) is 0.770. The van der Waals surface area contributed by atoms with Gasteiger partial charge >= 0.3 is 0 Å². The molecule has 1 saturated heterocycles. The number of aryl methyl sites for hydroxylation is 1. The summed E-state index contributed by atoms with van der Waals surface area (Å²) in [7, 11) is 0. The van der Waals surface area contributed by atoms with Gasteiger partial charge in [-0.2, -0.15) is 0 Å². The van der Waals surface area contributed by atoms with Crippen LogP contribution in [-0.4, -0.2) is 33.8 Å². The molecule has 0 radical (unpaired) electrons. The van der Waals surface area contributed by atoms with Gasteiger partial charge in [0, 0.05) is 12.6 Å². The van der Waals surface area contributed by atoms with Crippen LogP contribution in [-0.2, 0) is 11.2 Å². The molecule has 0 bridgehead atoms. The minimum Gasteiger partial charge on any atom is -0.374 e. The van der Waals surface area contributed by atoms with E-state index in [1.54, 1.807) is 6.07 Å². The zero-order valence-corrected chi connectivity index (χ0v) is 8.64. The van der Waals surface area contributed by atoms with Gasteiger partial charge in [0.1, 0.15) is 12.0 Å². The summed E-state index contributed by atoms with van der Waals surface area (Å²) in [6, 6.07) is 1.74. The summed E-state index contributed by atoms with van der Waals surface area (Å²) in [6.07, 6.45) is 1.09. The van der Waals surface area contributed by atoms with Crippen LogP contribution in [0.2, 0.25) is 0 Å². The van der Waals surface area contributed by atoms with Crippen LogP contribution in [0.3, 0.4) is 0 Å². The van der Waals surface area contributed by atoms with Crippen molar-refractivity contribution >= 4 is 5.91 Å². The number of hydrogen-bond donors (Lipinski definition) is 1. The van der Waals surface area contributed by atoms with Crippen molar-refractivity contribution < 1.29 is 14.4 Å². The molecule has 2 rings (SSSR count). The van der Waals surface area contributed by atoms with Gasteiger partial charge in [0.15, 0.2) is 0 Å². The number of aliphatic hydroxyl groups excluding tert-OH is 1. The minimum absolute atomic E-state index is 0.101. The molecule has 1 aromatic heterocycles. The maximum Gasteiger partial charge on any atom is 0.232 e. The molecule has 0 spiro atoms. The number of aromatic nitrogens is 1. The van der Waals surface area contributed by atoms with E-state index in [4.69, 9.17) is 4.52 Å². The fraction of sp³-hybridized carbons (Fsp3) is 0.600. The summed E-state index contributed by atoms with van der Waals surface area (Å²) in [6.45, 7) is 2.44.